The summed E-state index contributed by atoms with van der Waals surface area (Å²) in [6.07, 6.45) is 1.27. The molecular weight excluding hydrogens is 373 g/mol. The zero-order valence-electron chi connectivity index (χ0n) is 14.7. The van der Waals surface area contributed by atoms with Crippen LogP contribution < -0.4 is 4.90 Å². The number of hydrogen-bond acceptors (Lipinski definition) is 4. The lowest BCUT2D eigenvalue weighted by atomic mass is 9.81. The van der Waals surface area contributed by atoms with E-state index in [1.807, 2.05) is 12.3 Å². The van der Waals surface area contributed by atoms with E-state index < -0.39 is 11.7 Å². The summed E-state index contributed by atoms with van der Waals surface area (Å²) >= 11 is 1.62. The third-order valence-electron chi connectivity index (χ3n) is 5.09. The number of H-pyrrole nitrogens is 1. The van der Waals surface area contributed by atoms with Crippen LogP contribution >= 0.6 is 11.8 Å². The van der Waals surface area contributed by atoms with Crippen LogP contribution in [0.3, 0.4) is 0 Å². The standard InChI is InChI=1S/C19H19F3N4S/c1-26(18-16-6-7-23-17(16)24-11-25-18)14-8-12(9-14)10-27-15-4-2-13(3-5-15)19(20,21)22/h2-7,11-12,14H,8-10H2,1H3,(H,23,24,25)/t12-,14+. The van der Waals surface area contributed by atoms with Crippen molar-refractivity contribution in [3.05, 3.63) is 48.4 Å². The average Bonchev–Trinajstić information content (AvgIpc) is 3.08. The number of anilines is 1. The average molecular weight is 392 g/mol. The molecule has 8 heteroatoms. The molecule has 1 fully saturated rings. The molecule has 0 radical (unpaired) electrons. The smallest absolute Gasteiger partial charge is 0.356 e. The lowest BCUT2D eigenvalue weighted by Gasteiger charge is -2.41. The van der Waals surface area contributed by atoms with Crippen LogP contribution in [0.4, 0.5) is 19.0 Å². The van der Waals surface area contributed by atoms with Crippen LogP contribution in [0.2, 0.25) is 0 Å². The fourth-order valence-corrected chi connectivity index (χ4v) is 4.45. The Morgan fingerprint density at radius 2 is 1.89 bits per heavy atom. The Hall–Kier alpha value is -2.22. The van der Waals surface area contributed by atoms with E-state index >= 15 is 0 Å². The van der Waals surface area contributed by atoms with Crippen molar-refractivity contribution in [3.8, 4) is 0 Å². The molecule has 0 saturated heterocycles. The maximum atomic E-state index is 12.6. The van der Waals surface area contributed by atoms with Crippen molar-refractivity contribution < 1.29 is 13.2 Å². The maximum absolute atomic E-state index is 12.6. The van der Waals surface area contributed by atoms with Gasteiger partial charge in [-0.2, -0.15) is 13.2 Å². The van der Waals surface area contributed by atoms with Gasteiger partial charge in [0.05, 0.1) is 10.9 Å². The van der Waals surface area contributed by atoms with Gasteiger partial charge >= 0.3 is 6.18 Å². The van der Waals surface area contributed by atoms with E-state index in [9.17, 15) is 13.2 Å². The van der Waals surface area contributed by atoms with Crippen LogP contribution in [0.5, 0.6) is 0 Å². The van der Waals surface area contributed by atoms with Crippen LogP contribution in [-0.2, 0) is 6.18 Å². The molecule has 2 heterocycles. The van der Waals surface area contributed by atoms with Gasteiger partial charge in [0.1, 0.15) is 17.8 Å². The zero-order chi connectivity index (χ0) is 19.0. The molecule has 0 amide bonds. The Balaban J connectivity index is 1.30. The van der Waals surface area contributed by atoms with Crippen LogP contribution in [0.1, 0.15) is 18.4 Å². The zero-order valence-corrected chi connectivity index (χ0v) is 15.5. The van der Waals surface area contributed by atoms with E-state index in [2.05, 4.69) is 26.9 Å². The van der Waals surface area contributed by atoms with Gasteiger partial charge in [-0.3, -0.25) is 0 Å². The number of alkyl halides is 3. The fraction of sp³-hybridized carbons (Fsp3) is 0.368. The van der Waals surface area contributed by atoms with E-state index in [1.54, 1.807) is 30.2 Å². The molecule has 0 bridgehead atoms. The topological polar surface area (TPSA) is 44.8 Å². The molecule has 2 aromatic heterocycles. The number of nitrogens with one attached hydrogen (secondary N) is 1. The first kappa shape index (κ1) is 18.2. The van der Waals surface area contributed by atoms with Crippen molar-refractivity contribution in [2.45, 2.75) is 30.0 Å². The number of thioether (sulfide) groups is 1. The molecule has 1 aliphatic rings. The number of halogens is 3. The van der Waals surface area contributed by atoms with Gasteiger partial charge in [0.2, 0.25) is 0 Å². The number of fused-ring (bicyclic) bond motifs is 1. The van der Waals surface area contributed by atoms with Gasteiger partial charge in [0.25, 0.3) is 0 Å². The highest BCUT2D eigenvalue weighted by Crippen LogP contribution is 2.38. The Morgan fingerprint density at radius 3 is 2.59 bits per heavy atom. The summed E-state index contributed by atoms with van der Waals surface area (Å²) in [5.74, 6) is 2.41. The maximum Gasteiger partial charge on any atom is 0.416 e. The fourth-order valence-electron chi connectivity index (χ4n) is 3.42. The number of rotatable bonds is 5. The minimum absolute atomic E-state index is 0.427. The molecule has 4 nitrogen and oxygen atoms in total. The van der Waals surface area contributed by atoms with Gasteiger partial charge in [-0.1, -0.05) is 0 Å². The van der Waals surface area contributed by atoms with Gasteiger partial charge in [0.15, 0.2) is 0 Å². The summed E-state index contributed by atoms with van der Waals surface area (Å²) in [4.78, 5) is 14.8. The minimum Gasteiger partial charge on any atom is -0.356 e. The summed E-state index contributed by atoms with van der Waals surface area (Å²) in [7, 11) is 2.05. The minimum atomic E-state index is -4.28. The molecule has 1 N–H and O–H groups in total. The van der Waals surface area contributed by atoms with E-state index in [4.69, 9.17) is 0 Å². The second-order valence-electron chi connectivity index (χ2n) is 6.87. The summed E-state index contributed by atoms with van der Waals surface area (Å²) in [5.41, 5.74) is 0.235. The normalized spacial score (nSPS) is 19.9. The Bertz CT molecular complexity index is 917. The molecule has 142 valence electrons. The largest absolute Gasteiger partial charge is 0.416 e. The molecule has 27 heavy (non-hydrogen) atoms. The number of aromatic nitrogens is 3. The highest BCUT2D eigenvalue weighted by atomic mass is 32.2. The summed E-state index contributed by atoms with van der Waals surface area (Å²) in [6.45, 7) is 0. The van der Waals surface area contributed by atoms with Crippen LogP contribution in [0, 0.1) is 5.92 Å². The Morgan fingerprint density at radius 1 is 1.15 bits per heavy atom. The van der Waals surface area contributed by atoms with Gasteiger partial charge in [-0.15, -0.1) is 11.8 Å². The quantitative estimate of drug-likeness (QED) is 0.622. The van der Waals surface area contributed by atoms with Crippen molar-refractivity contribution in [2.75, 3.05) is 17.7 Å². The molecular formula is C19H19F3N4S. The van der Waals surface area contributed by atoms with Crippen molar-refractivity contribution in [1.82, 2.24) is 15.0 Å². The molecule has 0 spiro atoms. The summed E-state index contributed by atoms with van der Waals surface area (Å²) in [6, 6.07) is 7.82. The van der Waals surface area contributed by atoms with Crippen molar-refractivity contribution >= 4 is 28.6 Å². The van der Waals surface area contributed by atoms with Gasteiger partial charge in [-0.05, 0) is 49.1 Å². The molecule has 0 atom stereocenters. The lowest BCUT2D eigenvalue weighted by molar-refractivity contribution is -0.137. The molecule has 0 aliphatic heterocycles. The highest BCUT2D eigenvalue weighted by molar-refractivity contribution is 7.99. The predicted octanol–water partition coefficient (Wildman–Crippen LogP) is 4.98. The van der Waals surface area contributed by atoms with Crippen LogP contribution in [0.25, 0.3) is 11.0 Å². The van der Waals surface area contributed by atoms with Crippen molar-refractivity contribution in [3.63, 3.8) is 0 Å². The monoisotopic (exact) mass is 392 g/mol. The van der Waals surface area contributed by atoms with E-state index in [1.165, 1.54) is 0 Å². The highest BCUT2D eigenvalue weighted by Gasteiger charge is 2.33. The Kier molecular flexibility index (Phi) is 4.75. The van der Waals surface area contributed by atoms with Gasteiger partial charge in [-0.25, -0.2) is 9.97 Å². The first-order valence-corrected chi connectivity index (χ1v) is 9.71. The number of hydrogen-bond donors (Lipinski definition) is 1. The molecule has 4 rings (SSSR count). The Labute approximate surface area is 159 Å². The number of aromatic amines is 1. The van der Waals surface area contributed by atoms with E-state index in [-0.39, 0.29) is 0 Å². The first-order valence-electron chi connectivity index (χ1n) is 8.73. The second kappa shape index (κ2) is 7.07. The van der Waals surface area contributed by atoms with Crippen molar-refractivity contribution in [1.29, 1.82) is 0 Å². The van der Waals surface area contributed by atoms with Gasteiger partial charge in [0, 0.05) is 29.9 Å². The molecule has 1 saturated carbocycles. The van der Waals surface area contributed by atoms with E-state index in [0.717, 1.165) is 52.5 Å². The van der Waals surface area contributed by atoms with E-state index in [0.29, 0.717) is 12.0 Å². The third-order valence-corrected chi connectivity index (χ3v) is 6.34. The number of benzene rings is 1. The molecule has 1 aromatic carbocycles. The van der Waals surface area contributed by atoms with Gasteiger partial charge < -0.3 is 9.88 Å². The predicted molar refractivity (Wildman–Crippen MR) is 101 cm³/mol. The summed E-state index contributed by atoms with van der Waals surface area (Å²) in [5, 5.41) is 1.02. The molecule has 1 aliphatic carbocycles. The first-order chi connectivity index (χ1) is 12.9. The SMILES string of the molecule is CN(c1ncnc2[nH]ccc12)[C@H]1C[C@@H](CSc2ccc(C(F)(F)F)cc2)C1. The summed E-state index contributed by atoms with van der Waals surface area (Å²) < 4.78 is 37.8. The second-order valence-corrected chi connectivity index (χ2v) is 7.97. The lowest BCUT2D eigenvalue weighted by Crippen LogP contribution is -2.43. The molecule has 0 unspecified atom stereocenters. The molecule has 3 aromatic rings. The van der Waals surface area contributed by atoms with Crippen LogP contribution in [-0.4, -0.2) is 33.8 Å². The number of nitrogens with zero attached hydrogens (tertiary/aromatic N) is 3. The third kappa shape index (κ3) is 3.76. The van der Waals surface area contributed by atoms with Crippen LogP contribution in [0.15, 0.2) is 47.8 Å². The van der Waals surface area contributed by atoms with Crippen molar-refractivity contribution in [2.24, 2.45) is 5.92 Å².